The number of carbonyl (C=O) groups is 2. The van der Waals surface area contributed by atoms with E-state index in [0.29, 0.717) is 15.7 Å². The molecule has 0 saturated carbocycles. The fraction of sp³-hybridized carbons (Fsp3) is 0.0588. The van der Waals surface area contributed by atoms with Crippen LogP contribution in [0, 0.1) is 0 Å². The molecule has 0 spiro atoms. The minimum atomic E-state index is -0.612. The van der Waals surface area contributed by atoms with E-state index in [1.165, 1.54) is 6.07 Å². The van der Waals surface area contributed by atoms with Crippen molar-refractivity contribution < 1.29 is 14.3 Å². The third kappa shape index (κ3) is 3.69. The number of esters is 1. The number of benzene rings is 2. The SMILES string of the molecule is O=C(COC(=O)c1cc2ccccc2[nH]1)Nc1cc(Cl)ccc1Cl. The number of rotatable bonds is 4. The van der Waals surface area contributed by atoms with Gasteiger partial charge in [0, 0.05) is 15.9 Å². The molecule has 0 aliphatic heterocycles. The number of hydrogen-bond acceptors (Lipinski definition) is 3. The van der Waals surface area contributed by atoms with Gasteiger partial charge in [0.2, 0.25) is 0 Å². The van der Waals surface area contributed by atoms with Crippen molar-refractivity contribution in [3.05, 3.63) is 64.3 Å². The molecular weight excluding hydrogens is 351 g/mol. The zero-order valence-corrected chi connectivity index (χ0v) is 13.8. The van der Waals surface area contributed by atoms with Crippen LogP contribution in [0.5, 0.6) is 0 Å². The molecule has 0 atom stereocenters. The predicted octanol–water partition coefficient (Wildman–Crippen LogP) is 4.27. The van der Waals surface area contributed by atoms with Gasteiger partial charge >= 0.3 is 5.97 Å². The first-order chi connectivity index (χ1) is 11.5. The fourth-order valence-electron chi connectivity index (χ4n) is 2.17. The standard InChI is InChI=1S/C17H12Cl2N2O3/c18-11-5-6-12(19)14(8-11)21-16(22)9-24-17(23)15-7-10-3-1-2-4-13(10)20-15/h1-8,20H,9H2,(H,21,22). The molecule has 2 aromatic carbocycles. The summed E-state index contributed by atoms with van der Waals surface area (Å²) in [4.78, 5) is 26.8. The Bertz CT molecular complexity index is 888. The average Bonchev–Trinajstić information content (AvgIpc) is 3.00. The largest absolute Gasteiger partial charge is 0.451 e. The molecule has 2 N–H and O–H groups in total. The molecule has 0 unspecified atom stereocenters. The van der Waals surface area contributed by atoms with Crippen molar-refractivity contribution in [1.29, 1.82) is 0 Å². The van der Waals surface area contributed by atoms with E-state index in [0.717, 1.165) is 10.9 Å². The number of para-hydroxylation sites is 1. The number of fused-ring (bicyclic) bond motifs is 1. The monoisotopic (exact) mass is 362 g/mol. The van der Waals surface area contributed by atoms with Crippen molar-refractivity contribution in [3.63, 3.8) is 0 Å². The van der Waals surface area contributed by atoms with Crippen molar-refractivity contribution in [3.8, 4) is 0 Å². The second kappa shape index (κ2) is 6.95. The summed E-state index contributed by atoms with van der Waals surface area (Å²) in [6, 6.07) is 13.8. The first-order valence-corrected chi connectivity index (χ1v) is 7.78. The van der Waals surface area contributed by atoms with Crippen LogP contribution in [0.25, 0.3) is 10.9 Å². The average molecular weight is 363 g/mol. The number of hydrogen-bond donors (Lipinski definition) is 2. The Morgan fingerprint density at radius 1 is 1.08 bits per heavy atom. The lowest BCUT2D eigenvalue weighted by atomic mass is 10.2. The molecule has 0 saturated heterocycles. The van der Waals surface area contributed by atoms with E-state index in [-0.39, 0.29) is 5.69 Å². The normalized spacial score (nSPS) is 10.6. The van der Waals surface area contributed by atoms with E-state index in [2.05, 4.69) is 10.3 Å². The third-order valence-electron chi connectivity index (χ3n) is 3.29. The van der Waals surface area contributed by atoms with Gasteiger partial charge in [0.1, 0.15) is 5.69 Å². The molecule has 1 aromatic heterocycles. The van der Waals surface area contributed by atoms with Crippen molar-refractivity contribution in [2.45, 2.75) is 0 Å². The van der Waals surface area contributed by atoms with E-state index in [1.54, 1.807) is 18.2 Å². The van der Waals surface area contributed by atoms with Gasteiger partial charge in [-0.25, -0.2) is 4.79 Å². The van der Waals surface area contributed by atoms with Crippen LogP contribution in [0.1, 0.15) is 10.5 Å². The van der Waals surface area contributed by atoms with Gasteiger partial charge in [-0.2, -0.15) is 0 Å². The Morgan fingerprint density at radius 2 is 1.88 bits per heavy atom. The molecular formula is C17H12Cl2N2O3. The number of ether oxygens (including phenoxy) is 1. The van der Waals surface area contributed by atoms with Crippen molar-refractivity contribution in [1.82, 2.24) is 4.98 Å². The summed E-state index contributed by atoms with van der Waals surface area (Å²) in [6.07, 6.45) is 0. The molecule has 1 heterocycles. The summed E-state index contributed by atoms with van der Waals surface area (Å²) < 4.78 is 5.00. The maximum atomic E-state index is 12.0. The Morgan fingerprint density at radius 3 is 2.67 bits per heavy atom. The van der Waals surface area contributed by atoms with Gasteiger partial charge in [0.15, 0.2) is 6.61 Å². The van der Waals surface area contributed by atoms with Gasteiger partial charge in [-0.05, 0) is 30.3 Å². The molecule has 1 amide bonds. The second-order valence-corrected chi connectivity index (χ2v) is 5.86. The highest BCUT2D eigenvalue weighted by Gasteiger charge is 2.14. The van der Waals surface area contributed by atoms with E-state index >= 15 is 0 Å². The Kier molecular flexibility index (Phi) is 4.74. The van der Waals surface area contributed by atoms with Gasteiger partial charge in [0.05, 0.1) is 10.7 Å². The third-order valence-corrected chi connectivity index (χ3v) is 3.85. The van der Waals surface area contributed by atoms with Crippen molar-refractivity contribution in [2.24, 2.45) is 0 Å². The van der Waals surface area contributed by atoms with Crippen LogP contribution in [0.3, 0.4) is 0 Å². The summed E-state index contributed by atoms with van der Waals surface area (Å²) in [5.41, 5.74) is 1.46. The van der Waals surface area contributed by atoms with Crippen LogP contribution in [0.2, 0.25) is 10.0 Å². The van der Waals surface area contributed by atoms with E-state index in [4.69, 9.17) is 27.9 Å². The highest BCUT2D eigenvalue weighted by Crippen LogP contribution is 2.25. The number of carbonyl (C=O) groups excluding carboxylic acids is 2. The maximum Gasteiger partial charge on any atom is 0.355 e. The summed E-state index contributed by atoms with van der Waals surface area (Å²) in [7, 11) is 0. The van der Waals surface area contributed by atoms with Crippen LogP contribution >= 0.6 is 23.2 Å². The van der Waals surface area contributed by atoms with Crippen LogP contribution in [-0.4, -0.2) is 23.5 Å². The van der Waals surface area contributed by atoms with E-state index in [1.807, 2.05) is 24.3 Å². The molecule has 122 valence electrons. The lowest BCUT2D eigenvalue weighted by Crippen LogP contribution is -2.21. The van der Waals surface area contributed by atoms with Crippen molar-refractivity contribution >= 4 is 51.7 Å². The van der Waals surface area contributed by atoms with E-state index in [9.17, 15) is 9.59 Å². The number of H-pyrrole nitrogens is 1. The predicted molar refractivity (Wildman–Crippen MR) is 93.7 cm³/mol. The van der Waals surface area contributed by atoms with Crippen LogP contribution in [0.4, 0.5) is 5.69 Å². The minimum Gasteiger partial charge on any atom is -0.451 e. The minimum absolute atomic E-state index is 0.282. The summed E-state index contributed by atoms with van der Waals surface area (Å²) in [5, 5.41) is 4.21. The summed E-state index contributed by atoms with van der Waals surface area (Å²) >= 11 is 11.8. The number of aromatic amines is 1. The lowest BCUT2D eigenvalue weighted by Gasteiger charge is -2.08. The number of amides is 1. The van der Waals surface area contributed by atoms with Crippen LogP contribution < -0.4 is 5.32 Å². The van der Waals surface area contributed by atoms with E-state index < -0.39 is 18.5 Å². The van der Waals surface area contributed by atoms with Gasteiger partial charge in [-0.1, -0.05) is 41.4 Å². The first-order valence-electron chi connectivity index (χ1n) is 7.03. The molecule has 0 bridgehead atoms. The fourth-order valence-corrected chi connectivity index (χ4v) is 2.51. The number of aromatic nitrogens is 1. The van der Waals surface area contributed by atoms with Crippen molar-refractivity contribution in [2.75, 3.05) is 11.9 Å². The Balaban J connectivity index is 1.61. The second-order valence-electron chi connectivity index (χ2n) is 5.02. The van der Waals surface area contributed by atoms with Gasteiger partial charge < -0.3 is 15.0 Å². The zero-order valence-electron chi connectivity index (χ0n) is 12.3. The highest BCUT2D eigenvalue weighted by atomic mass is 35.5. The first kappa shape index (κ1) is 16.4. The number of nitrogens with one attached hydrogen (secondary N) is 2. The van der Waals surface area contributed by atoms with Crippen LogP contribution in [-0.2, 0) is 9.53 Å². The topological polar surface area (TPSA) is 71.2 Å². The molecule has 5 nitrogen and oxygen atoms in total. The molecule has 0 radical (unpaired) electrons. The zero-order chi connectivity index (χ0) is 17.1. The molecule has 0 fully saturated rings. The summed E-state index contributed by atoms with van der Waals surface area (Å²) in [6.45, 7) is -0.433. The Labute approximate surface area is 147 Å². The molecule has 3 aromatic rings. The molecule has 0 aliphatic carbocycles. The number of anilines is 1. The lowest BCUT2D eigenvalue weighted by molar-refractivity contribution is -0.119. The number of halogens is 2. The quantitative estimate of drug-likeness (QED) is 0.680. The molecule has 24 heavy (non-hydrogen) atoms. The van der Waals surface area contributed by atoms with Gasteiger partial charge in [-0.3, -0.25) is 4.79 Å². The molecule has 0 aliphatic rings. The molecule has 7 heteroatoms. The van der Waals surface area contributed by atoms with Gasteiger partial charge in [0.25, 0.3) is 5.91 Å². The van der Waals surface area contributed by atoms with Gasteiger partial charge in [-0.15, -0.1) is 0 Å². The Hall–Kier alpha value is -2.50. The summed E-state index contributed by atoms with van der Waals surface area (Å²) in [5.74, 6) is -1.12. The molecule has 3 rings (SSSR count). The maximum absolute atomic E-state index is 12.0. The smallest absolute Gasteiger partial charge is 0.355 e. The van der Waals surface area contributed by atoms with Crippen LogP contribution in [0.15, 0.2) is 48.5 Å². The highest BCUT2D eigenvalue weighted by molar-refractivity contribution is 6.35.